The van der Waals surface area contributed by atoms with Crippen molar-refractivity contribution in [1.29, 1.82) is 0 Å². The normalized spacial score (nSPS) is 28.0. The highest BCUT2D eigenvalue weighted by atomic mass is 16.7. The number of phenols is 2. The monoisotopic (exact) mass is 613 g/mol. The zero-order valence-corrected chi connectivity index (χ0v) is 24.8. The van der Waals surface area contributed by atoms with E-state index in [2.05, 4.69) is 5.32 Å². The predicted octanol–water partition coefficient (Wildman–Crippen LogP) is 0.684. The number of benzene rings is 2. The Morgan fingerprint density at radius 2 is 1.86 bits per heavy atom. The molecule has 2 aromatic carbocycles. The van der Waals surface area contributed by atoms with E-state index in [0.29, 0.717) is 19.4 Å². The maximum absolute atomic E-state index is 13.8. The topological polar surface area (TPSA) is 224 Å². The number of rotatable bonds is 9. The van der Waals surface area contributed by atoms with Gasteiger partial charge in [0, 0.05) is 42.0 Å². The molecule has 2 aliphatic carbocycles. The molecule has 238 valence electrons. The Morgan fingerprint density at radius 1 is 1.16 bits per heavy atom. The summed E-state index contributed by atoms with van der Waals surface area (Å²) >= 11 is 0. The molecule has 0 bridgehead atoms. The summed E-state index contributed by atoms with van der Waals surface area (Å²) in [5.74, 6) is -3.18. The van der Waals surface area contributed by atoms with Crippen molar-refractivity contribution in [3.05, 3.63) is 51.6 Å². The Balaban J connectivity index is 1.54. The van der Waals surface area contributed by atoms with Gasteiger partial charge in [-0.2, -0.15) is 0 Å². The van der Waals surface area contributed by atoms with E-state index in [0.717, 1.165) is 0 Å². The summed E-state index contributed by atoms with van der Waals surface area (Å²) in [5, 5.41) is 48.5. The molecule has 0 amide bonds. The van der Waals surface area contributed by atoms with Crippen LogP contribution in [0.1, 0.15) is 88.6 Å². The molecule has 9 N–H and O–H groups in total. The number of fused-ring (bicyclic) bond motifs is 3. The van der Waals surface area contributed by atoms with Crippen molar-refractivity contribution in [3.63, 3.8) is 0 Å². The minimum absolute atomic E-state index is 0.0166. The van der Waals surface area contributed by atoms with Crippen molar-refractivity contribution in [3.8, 4) is 17.2 Å². The number of Topliss-reactive ketones (excluding diaryl/α,β-unsaturated/α-hetero) is 1. The van der Waals surface area contributed by atoms with E-state index in [-0.39, 0.29) is 40.8 Å². The number of hydrogen-bond acceptors (Lipinski definition) is 13. The van der Waals surface area contributed by atoms with Crippen LogP contribution in [0.4, 0.5) is 0 Å². The van der Waals surface area contributed by atoms with Crippen LogP contribution in [0.15, 0.2) is 18.2 Å². The second-order valence-corrected chi connectivity index (χ2v) is 11.8. The molecule has 2 aromatic rings. The van der Waals surface area contributed by atoms with Gasteiger partial charge in [0.2, 0.25) is 5.78 Å². The Bertz CT molecular complexity index is 1490. The molecular weight excluding hydrogens is 574 g/mol. The van der Waals surface area contributed by atoms with Gasteiger partial charge in [-0.05, 0) is 39.3 Å². The first-order valence-corrected chi connectivity index (χ1v) is 14.6. The van der Waals surface area contributed by atoms with Gasteiger partial charge < -0.3 is 51.4 Å². The number of hydrogen-bond donors (Lipinski definition) is 7. The lowest BCUT2D eigenvalue weighted by molar-refractivity contribution is -0.249. The Labute approximate surface area is 254 Å². The Morgan fingerprint density at radius 3 is 2.52 bits per heavy atom. The molecule has 6 atom stereocenters. The van der Waals surface area contributed by atoms with Crippen LogP contribution in [-0.2, 0) is 20.7 Å². The molecule has 13 heteroatoms. The second-order valence-electron chi connectivity index (χ2n) is 11.8. The van der Waals surface area contributed by atoms with E-state index in [1.54, 1.807) is 6.92 Å². The third-order valence-electron chi connectivity index (χ3n) is 8.87. The van der Waals surface area contributed by atoms with Crippen molar-refractivity contribution >= 4 is 17.3 Å². The van der Waals surface area contributed by atoms with Crippen LogP contribution in [-0.4, -0.2) is 87.7 Å². The van der Waals surface area contributed by atoms with Crippen LogP contribution in [0.5, 0.6) is 17.2 Å². The largest absolute Gasteiger partial charge is 0.507 e. The molecule has 5 rings (SSSR count). The molecule has 1 aliphatic heterocycles. The predicted molar refractivity (Wildman–Crippen MR) is 156 cm³/mol. The molecule has 44 heavy (non-hydrogen) atoms. The molecule has 0 spiro atoms. The second kappa shape index (κ2) is 12.2. The van der Waals surface area contributed by atoms with Gasteiger partial charge in [0.05, 0.1) is 48.3 Å². The van der Waals surface area contributed by atoms with Crippen LogP contribution < -0.4 is 21.5 Å². The first-order chi connectivity index (χ1) is 20.8. The van der Waals surface area contributed by atoms with Crippen LogP contribution in [0.3, 0.4) is 0 Å². The van der Waals surface area contributed by atoms with E-state index in [1.165, 1.54) is 32.2 Å². The van der Waals surface area contributed by atoms with Crippen LogP contribution in [0.2, 0.25) is 0 Å². The quantitative estimate of drug-likeness (QED) is 0.100. The number of nitrogens with one attached hydrogen (secondary N) is 1. The van der Waals surface area contributed by atoms with Gasteiger partial charge in [-0.15, -0.1) is 0 Å². The smallest absolute Gasteiger partial charge is 0.202 e. The highest BCUT2D eigenvalue weighted by Gasteiger charge is 2.49. The van der Waals surface area contributed by atoms with Crippen molar-refractivity contribution < 1.29 is 49.0 Å². The molecule has 1 heterocycles. The maximum atomic E-state index is 13.8. The third-order valence-corrected chi connectivity index (χ3v) is 8.87. The number of aromatic hydroxyl groups is 2. The zero-order valence-electron chi connectivity index (χ0n) is 24.8. The van der Waals surface area contributed by atoms with Gasteiger partial charge in [0.15, 0.2) is 17.9 Å². The number of methoxy groups -OCH3 is 1. The molecule has 0 aromatic heterocycles. The zero-order chi connectivity index (χ0) is 32.1. The van der Waals surface area contributed by atoms with Crippen molar-refractivity contribution in [2.45, 2.75) is 88.4 Å². The first kappa shape index (κ1) is 32.0. The van der Waals surface area contributed by atoms with E-state index in [1.807, 2.05) is 0 Å². The van der Waals surface area contributed by atoms with E-state index >= 15 is 0 Å². The average molecular weight is 614 g/mol. The fraction of sp³-hybridized carbons (Fsp3) is 0.516. The summed E-state index contributed by atoms with van der Waals surface area (Å²) in [6.45, 7) is 3.38. The summed E-state index contributed by atoms with van der Waals surface area (Å²) in [6.07, 6.45) is -3.58. The number of ether oxygens (including phenoxy) is 3. The van der Waals surface area contributed by atoms with Gasteiger partial charge in [-0.1, -0.05) is 12.1 Å². The van der Waals surface area contributed by atoms with E-state index < -0.39 is 88.8 Å². The number of carbonyl (C=O) groups is 3. The molecule has 0 radical (unpaired) electrons. The van der Waals surface area contributed by atoms with Crippen LogP contribution in [0.25, 0.3) is 0 Å². The summed E-state index contributed by atoms with van der Waals surface area (Å²) in [6, 6.07) is 3.99. The molecule has 0 saturated carbocycles. The van der Waals surface area contributed by atoms with E-state index in [9.17, 15) is 34.8 Å². The number of carbonyl (C=O) groups excluding carboxylic acids is 3. The van der Waals surface area contributed by atoms with Gasteiger partial charge in [0.1, 0.15) is 22.8 Å². The molecule has 1 fully saturated rings. The van der Waals surface area contributed by atoms with E-state index in [4.69, 9.17) is 25.7 Å². The minimum Gasteiger partial charge on any atom is -0.507 e. The summed E-state index contributed by atoms with van der Waals surface area (Å²) in [7, 11) is 1.34. The van der Waals surface area contributed by atoms with Gasteiger partial charge in [-0.25, -0.2) is 0 Å². The number of phenolic OH excluding ortho intramolecular Hbond substituents is 2. The molecule has 13 nitrogen and oxygen atoms in total. The van der Waals surface area contributed by atoms with Gasteiger partial charge in [0.25, 0.3) is 0 Å². The lowest BCUT2D eigenvalue weighted by Gasteiger charge is -2.43. The molecular formula is C31H39N3O10. The highest BCUT2D eigenvalue weighted by Crippen LogP contribution is 2.52. The standard InChI is InChI=1S/C31H39N3O10/c1-13-26(36)17(34-9-5-8-20(32)33)10-21(43-13)44-19-12-31(41,14(2)35)11-16-23(19)30(40)25-24(28(16)38)27(37)15-6-4-7-18(42-3)22(15)29(25)39/h4,6-7,13,17,19-21,26,34,36,38,40-41H,5,8-12,32-33H2,1-3H3/t13?,17?,19-,21?,26?,31-/m0/s1. The van der Waals surface area contributed by atoms with Gasteiger partial charge >= 0.3 is 0 Å². The summed E-state index contributed by atoms with van der Waals surface area (Å²) in [4.78, 5) is 40.1. The average Bonchev–Trinajstić information content (AvgIpc) is 2.97. The number of aliphatic hydroxyl groups is 2. The summed E-state index contributed by atoms with van der Waals surface area (Å²) in [5.41, 5.74) is 8.19. The number of nitrogens with two attached hydrogens (primary N) is 2. The highest BCUT2D eigenvalue weighted by molar-refractivity contribution is 6.31. The SMILES string of the molecule is COc1cccc2c1C(=O)c1c(O)c3c(c(O)c1C2=O)C[C@@](O)(C(C)=O)C[C@@H]3OC1CC(NCCCC(N)N)C(O)C(C)O1. The molecule has 4 unspecified atom stereocenters. The van der Waals surface area contributed by atoms with Crippen molar-refractivity contribution in [2.75, 3.05) is 13.7 Å². The fourth-order valence-electron chi connectivity index (χ4n) is 6.45. The Hall–Kier alpha value is -3.43. The third kappa shape index (κ3) is 5.49. The number of ketones is 3. The van der Waals surface area contributed by atoms with Crippen molar-refractivity contribution in [2.24, 2.45) is 11.5 Å². The van der Waals surface area contributed by atoms with Crippen molar-refractivity contribution in [1.82, 2.24) is 5.32 Å². The maximum Gasteiger partial charge on any atom is 0.202 e. The minimum atomic E-state index is -2.02. The Kier molecular flexibility index (Phi) is 8.84. The fourth-order valence-corrected chi connectivity index (χ4v) is 6.45. The lowest BCUT2D eigenvalue weighted by atomic mass is 9.72. The summed E-state index contributed by atoms with van der Waals surface area (Å²) < 4.78 is 17.5. The van der Waals surface area contributed by atoms with Crippen LogP contribution in [0, 0.1) is 0 Å². The molecule has 1 saturated heterocycles. The first-order valence-electron chi connectivity index (χ1n) is 14.6. The van der Waals surface area contributed by atoms with Gasteiger partial charge in [-0.3, -0.25) is 14.4 Å². The molecule has 3 aliphatic rings. The lowest BCUT2D eigenvalue weighted by Crippen LogP contribution is -2.54. The van der Waals surface area contributed by atoms with Crippen LogP contribution >= 0.6 is 0 Å². The number of aliphatic hydroxyl groups excluding tert-OH is 1.